The van der Waals surface area contributed by atoms with Gasteiger partial charge in [-0.15, -0.1) is 0 Å². The molecule has 0 unspecified atom stereocenters. The van der Waals surface area contributed by atoms with E-state index in [1.165, 1.54) is 11.1 Å². The number of hydrogen-bond acceptors (Lipinski definition) is 5. The van der Waals surface area contributed by atoms with Gasteiger partial charge in [0.2, 0.25) is 0 Å². The Bertz CT molecular complexity index is 1450. The predicted molar refractivity (Wildman–Crippen MR) is 168 cm³/mol. The molecule has 1 aliphatic rings. The zero-order chi connectivity index (χ0) is 29.3. The highest BCUT2D eigenvalue weighted by Crippen LogP contribution is 2.30. The van der Waals surface area contributed by atoms with Crippen LogP contribution in [0.1, 0.15) is 37.9 Å². The molecule has 1 aliphatic heterocycles. The minimum Gasteiger partial charge on any atom is -0.490 e. The Morgan fingerprint density at radius 1 is 0.786 bits per heavy atom. The van der Waals surface area contributed by atoms with Crippen LogP contribution in [0.25, 0.3) is 0 Å². The summed E-state index contributed by atoms with van der Waals surface area (Å²) in [5, 5.41) is 2.95. The molecule has 0 spiro atoms. The quantitative estimate of drug-likeness (QED) is 0.210. The van der Waals surface area contributed by atoms with Crippen molar-refractivity contribution in [2.24, 2.45) is 0 Å². The van der Waals surface area contributed by atoms with Crippen molar-refractivity contribution in [2.75, 3.05) is 51.8 Å². The van der Waals surface area contributed by atoms with Crippen LogP contribution < -0.4 is 10.1 Å². The normalized spacial score (nSPS) is 13.6. The van der Waals surface area contributed by atoms with Gasteiger partial charge in [-0.3, -0.25) is 14.5 Å². The van der Waals surface area contributed by atoms with Gasteiger partial charge in [-0.25, -0.2) is 0 Å². The van der Waals surface area contributed by atoms with E-state index < -0.39 is 0 Å². The molecule has 1 N–H and O–H groups in total. The Kier molecular flexibility index (Phi) is 10.0. The SMILES string of the molecule is COCCOc1ccc(Br)cc1C(=O)Nc1ccccc1C(=O)N1CCN(C(c2ccccc2)c2ccccc2)CC1. The van der Waals surface area contributed by atoms with E-state index in [0.29, 0.717) is 48.9 Å². The number of hydrogen-bond donors (Lipinski definition) is 1. The van der Waals surface area contributed by atoms with Crippen LogP contribution >= 0.6 is 15.9 Å². The fraction of sp³-hybridized carbons (Fsp3) is 0.235. The molecule has 1 fully saturated rings. The molecule has 2 amide bonds. The molecular weight excluding hydrogens is 594 g/mol. The van der Waals surface area contributed by atoms with E-state index >= 15 is 0 Å². The number of nitrogens with zero attached hydrogens (tertiary/aromatic N) is 2. The van der Waals surface area contributed by atoms with Gasteiger partial charge < -0.3 is 19.7 Å². The molecule has 4 aromatic rings. The molecule has 0 aromatic heterocycles. The highest BCUT2D eigenvalue weighted by atomic mass is 79.9. The standard InChI is InChI=1S/C34H34BrN3O4/c1-41-22-23-42-31-17-16-27(35)24-29(31)33(39)36-30-15-9-8-14-28(30)34(40)38-20-18-37(19-21-38)32(25-10-4-2-5-11-25)26-12-6-3-7-13-26/h2-17,24,32H,18-23H2,1H3,(H,36,39). The average molecular weight is 629 g/mol. The van der Waals surface area contributed by atoms with Crippen LogP contribution in [0.4, 0.5) is 5.69 Å². The van der Waals surface area contributed by atoms with Crippen molar-refractivity contribution in [1.82, 2.24) is 9.80 Å². The number of halogens is 1. The summed E-state index contributed by atoms with van der Waals surface area (Å²) < 4.78 is 11.6. The van der Waals surface area contributed by atoms with Crippen LogP contribution in [-0.2, 0) is 4.74 Å². The van der Waals surface area contributed by atoms with Gasteiger partial charge in [0.05, 0.1) is 29.5 Å². The van der Waals surface area contributed by atoms with Gasteiger partial charge >= 0.3 is 0 Å². The first-order chi connectivity index (χ1) is 20.5. The maximum absolute atomic E-state index is 13.8. The summed E-state index contributed by atoms with van der Waals surface area (Å²) in [6, 6.07) is 33.5. The topological polar surface area (TPSA) is 71.1 Å². The molecular formula is C34H34BrN3O4. The molecule has 0 bridgehead atoms. The lowest BCUT2D eigenvalue weighted by Crippen LogP contribution is -2.50. The van der Waals surface area contributed by atoms with E-state index in [-0.39, 0.29) is 17.9 Å². The summed E-state index contributed by atoms with van der Waals surface area (Å²) in [6.45, 7) is 3.35. The Balaban J connectivity index is 1.30. The van der Waals surface area contributed by atoms with Crippen molar-refractivity contribution >= 4 is 33.4 Å². The van der Waals surface area contributed by atoms with E-state index in [9.17, 15) is 9.59 Å². The lowest BCUT2D eigenvalue weighted by molar-refractivity contribution is 0.0598. The van der Waals surface area contributed by atoms with Crippen molar-refractivity contribution in [2.45, 2.75) is 6.04 Å². The van der Waals surface area contributed by atoms with Crippen molar-refractivity contribution in [3.05, 3.63) is 130 Å². The van der Waals surface area contributed by atoms with Crippen LogP contribution in [0.3, 0.4) is 0 Å². The number of carbonyl (C=O) groups excluding carboxylic acids is 2. The summed E-state index contributed by atoms with van der Waals surface area (Å²) in [6.07, 6.45) is 0. The second-order valence-corrected chi connectivity index (χ2v) is 10.9. The van der Waals surface area contributed by atoms with Gasteiger partial charge in [0.1, 0.15) is 12.4 Å². The van der Waals surface area contributed by atoms with E-state index in [1.807, 2.05) is 35.2 Å². The van der Waals surface area contributed by atoms with Crippen molar-refractivity contribution in [3.63, 3.8) is 0 Å². The Hall–Kier alpha value is -3.98. The number of benzene rings is 4. The first-order valence-electron chi connectivity index (χ1n) is 14.0. The van der Waals surface area contributed by atoms with Crippen LogP contribution in [0.15, 0.2) is 108 Å². The monoisotopic (exact) mass is 627 g/mol. The molecule has 7 nitrogen and oxygen atoms in total. The highest BCUT2D eigenvalue weighted by molar-refractivity contribution is 9.10. The number of para-hydroxylation sites is 1. The lowest BCUT2D eigenvalue weighted by Gasteiger charge is -2.40. The van der Waals surface area contributed by atoms with Gasteiger partial charge in [0.25, 0.3) is 11.8 Å². The summed E-state index contributed by atoms with van der Waals surface area (Å²) in [7, 11) is 1.59. The van der Waals surface area contributed by atoms with Gasteiger partial charge in [-0.1, -0.05) is 88.7 Å². The minimum atomic E-state index is -0.359. The summed E-state index contributed by atoms with van der Waals surface area (Å²) >= 11 is 3.44. The zero-order valence-electron chi connectivity index (χ0n) is 23.5. The van der Waals surface area contributed by atoms with Gasteiger partial charge in [-0.05, 0) is 41.5 Å². The molecule has 216 valence electrons. The number of nitrogens with one attached hydrogen (secondary N) is 1. The summed E-state index contributed by atoms with van der Waals surface area (Å²) in [5.74, 6) is -0.0197. The second kappa shape index (κ2) is 14.3. The van der Waals surface area contributed by atoms with Crippen molar-refractivity contribution in [1.29, 1.82) is 0 Å². The van der Waals surface area contributed by atoms with E-state index in [0.717, 1.165) is 17.6 Å². The molecule has 42 heavy (non-hydrogen) atoms. The van der Waals surface area contributed by atoms with E-state index in [4.69, 9.17) is 9.47 Å². The number of carbonyl (C=O) groups is 2. The molecule has 5 rings (SSSR count). The Morgan fingerprint density at radius 3 is 2.05 bits per heavy atom. The molecule has 1 saturated heterocycles. The van der Waals surface area contributed by atoms with Gasteiger partial charge in [-0.2, -0.15) is 0 Å². The summed E-state index contributed by atoms with van der Waals surface area (Å²) in [4.78, 5) is 31.4. The number of piperazine rings is 1. The molecule has 0 saturated carbocycles. The van der Waals surface area contributed by atoms with Crippen LogP contribution in [0.2, 0.25) is 0 Å². The van der Waals surface area contributed by atoms with Crippen LogP contribution in [0, 0.1) is 0 Å². The third-order valence-corrected chi connectivity index (χ3v) is 7.83. The third kappa shape index (κ3) is 7.07. The average Bonchev–Trinajstić information content (AvgIpc) is 3.03. The fourth-order valence-electron chi connectivity index (χ4n) is 5.25. The maximum Gasteiger partial charge on any atom is 0.259 e. The first kappa shape index (κ1) is 29.5. The molecule has 8 heteroatoms. The smallest absolute Gasteiger partial charge is 0.259 e. The van der Waals surface area contributed by atoms with Gasteiger partial charge in [0.15, 0.2) is 0 Å². The number of methoxy groups -OCH3 is 1. The predicted octanol–water partition coefficient (Wildman–Crippen LogP) is 6.27. The summed E-state index contributed by atoms with van der Waals surface area (Å²) in [5.41, 5.74) is 3.75. The minimum absolute atomic E-state index is 0.104. The molecule has 1 heterocycles. The van der Waals surface area contributed by atoms with Crippen LogP contribution in [0.5, 0.6) is 5.75 Å². The fourth-order valence-corrected chi connectivity index (χ4v) is 5.61. The van der Waals surface area contributed by atoms with Crippen LogP contribution in [-0.4, -0.2) is 68.1 Å². The zero-order valence-corrected chi connectivity index (χ0v) is 25.1. The first-order valence-corrected chi connectivity index (χ1v) is 14.8. The Morgan fingerprint density at radius 2 is 1.40 bits per heavy atom. The van der Waals surface area contributed by atoms with Crippen molar-refractivity contribution < 1.29 is 19.1 Å². The lowest BCUT2D eigenvalue weighted by atomic mass is 9.96. The number of ether oxygens (including phenoxy) is 2. The third-order valence-electron chi connectivity index (χ3n) is 7.33. The molecule has 0 atom stereocenters. The van der Waals surface area contributed by atoms with Gasteiger partial charge in [0, 0.05) is 37.8 Å². The van der Waals surface area contributed by atoms with E-state index in [2.05, 4.69) is 74.7 Å². The second-order valence-electron chi connectivity index (χ2n) is 10.0. The van der Waals surface area contributed by atoms with Crippen molar-refractivity contribution in [3.8, 4) is 5.75 Å². The number of anilines is 1. The molecule has 0 radical (unpaired) electrons. The number of amides is 2. The van der Waals surface area contributed by atoms with E-state index in [1.54, 1.807) is 31.4 Å². The Labute approximate surface area is 255 Å². The highest BCUT2D eigenvalue weighted by Gasteiger charge is 2.29. The largest absolute Gasteiger partial charge is 0.490 e. The maximum atomic E-state index is 13.8. The molecule has 4 aromatic carbocycles. The number of rotatable bonds is 10. The molecule has 0 aliphatic carbocycles.